The zero-order valence-corrected chi connectivity index (χ0v) is 11.4. The third-order valence-corrected chi connectivity index (χ3v) is 3.69. The number of hydrogen-bond donors (Lipinski definition) is 2. The Bertz CT molecular complexity index is 245. The molecule has 0 spiro atoms. The smallest absolute Gasteiger partial charge is 0.221 e. The number of nitrogens with one attached hydrogen (secondary N) is 1. The van der Waals surface area contributed by atoms with Crippen molar-refractivity contribution in [2.45, 2.75) is 39.7 Å². The van der Waals surface area contributed by atoms with Crippen molar-refractivity contribution in [1.29, 1.82) is 0 Å². The molecule has 4 nitrogen and oxygen atoms in total. The van der Waals surface area contributed by atoms with E-state index in [1.54, 1.807) is 0 Å². The fourth-order valence-corrected chi connectivity index (χ4v) is 2.93. The molecule has 1 aliphatic rings. The molecule has 1 amide bonds. The van der Waals surface area contributed by atoms with Crippen molar-refractivity contribution in [2.75, 3.05) is 26.2 Å². The van der Waals surface area contributed by atoms with Gasteiger partial charge in [0, 0.05) is 38.6 Å². The zero-order chi connectivity index (χ0) is 12.8. The molecule has 17 heavy (non-hydrogen) atoms. The molecule has 0 bridgehead atoms. The topological polar surface area (TPSA) is 58.4 Å². The predicted octanol–water partition coefficient (Wildman–Crippen LogP) is 0.818. The van der Waals surface area contributed by atoms with E-state index in [9.17, 15) is 4.79 Å². The third kappa shape index (κ3) is 4.28. The van der Waals surface area contributed by atoms with Crippen LogP contribution in [-0.2, 0) is 4.79 Å². The Morgan fingerprint density at radius 1 is 1.47 bits per heavy atom. The summed E-state index contributed by atoms with van der Waals surface area (Å²) in [7, 11) is 0. The Balaban J connectivity index is 2.45. The summed E-state index contributed by atoms with van der Waals surface area (Å²) >= 11 is 0. The third-order valence-electron chi connectivity index (χ3n) is 3.69. The van der Waals surface area contributed by atoms with Crippen molar-refractivity contribution < 1.29 is 4.79 Å². The van der Waals surface area contributed by atoms with Crippen molar-refractivity contribution in [3.63, 3.8) is 0 Å². The fraction of sp³-hybridized carbons (Fsp3) is 0.923. The van der Waals surface area contributed by atoms with Gasteiger partial charge in [-0.15, -0.1) is 0 Å². The summed E-state index contributed by atoms with van der Waals surface area (Å²) in [4.78, 5) is 13.9. The standard InChI is InChI=1S/C13H27N3O/c1-4-15-13(17)5-6-16-9-10(2)7-11(3)12(16)8-14/h10-12H,4-9,14H2,1-3H3,(H,15,17). The first-order valence-corrected chi connectivity index (χ1v) is 6.79. The minimum absolute atomic E-state index is 0.147. The Labute approximate surface area is 105 Å². The Morgan fingerprint density at radius 3 is 2.76 bits per heavy atom. The van der Waals surface area contributed by atoms with Crippen molar-refractivity contribution in [3.8, 4) is 0 Å². The normalized spacial score (nSPS) is 30.2. The molecule has 0 aromatic carbocycles. The van der Waals surface area contributed by atoms with Gasteiger partial charge < -0.3 is 11.1 Å². The number of amides is 1. The van der Waals surface area contributed by atoms with Crippen LogP contribution < -0.4 is 11.1 Å². The van der Waals surface area contributed by atoms with Crippen LogP contribution >= 0.6 is 0 Å². The number of piperidine rings is 1. The number of nitrogens with zero attached hydrogens (tertiary/aromatic N) is 1. The molecule has 1 heterocycles. The summed E-state index contributed by atoms with van der Waals surface area (Å²) in [6, 6.07) is 0.445. The van der Waals surface area contributed by atoms with Crippen molar-refractivity contribution in [2.24, 2.45) is 17.6 Å². The van der Waals surface area contributed by atoms with Crippen LogP contribution in [-0.4, -0.2) is 43.0 Å². The molecule has 0 saturated carbocycles. The van der Waals surface area contributed by atoms with E-state index >= 15 is 0 Å². The molecule has 100 valence electrons. The summed E-state index contributed by atoms with van der Waals surface area (Å²) in [6.45, 7) is 9.82. The molecule has 1 fully saturated rings. The summed E-state index contributed by atoms with van der Waals surface area (Å²) in [6.07, 6.45) is 1.84. The van der Waals surface area contributed by atoms with Crippen LogP contribution in [0.4, 0.5) is 0 Å². The molecular weight excluding hydrogens is 214 g/mol. The lowest BCUT2D eigenvalue weighted by Crippen LogP contribution is -2.51. The maximum absolute atomic E-state index is 11.5. The van der Waals surface area contributed by atoms with Crippen LogP contribution in [0.25, 0.3) is 0 Å². The predicted molar refractivity (Wildman–Crippen MR) is 70.7 cm³/mol. The molecule has 3 N–H and O–H groups in total. The maximum Gasteiger partial charge on any atom is 0.221 e. The minimum atomic E-state index is 0.147. The maximum atomic E-state index is 11.5. The molecule has 3 unspecified atom stereocenters. The number of rotatable bonds is 5. The highest BCUT2D eigenvalue weighted by Crippen LogP contribution is 2.26. The molecule has 0 aromatic rings. The van der Waals surface area contributed by atoms with Gasteiger partial charge in [-0.05, 0) is 25.2 Å². The van der Waals surface area contributed by atoms with E-state index in [0.717, 1.165) is 13.1 Å². The van der Waals surface area contributed by atoms with E-state index in [2.05, 4.69) is 24.1 Å². The molecule has 0 aliphatic carbocycles. The molecular formula is C13H27N3O. The highest BCUT2D eigenvalue weighted by Gasteiger charge is 2.30. The Morgan fingerprint density at radius 2 is 2.18 bits per heavy atom. The van der Waals surface area contributed by atoms with E-state index in [1.807, 2.05) is 6.92 Å². The van der Waals surface area contributed by atoms with Gasteiger partial charge in [-0.3, -0.25) is 9.69 Å². The molecule has 0 aromatic heterocycles. The summed E-state index contributed by atoms with van der Waals surface area (Å²) in [5.74, 6) is 1.49. The first kappa shape index (κ1) is 14.5. The van der Waals surface area contributed by atoms with Gasteiger partial charge in [-0.25, -0.2) is 0 Å². The van der Waals surface area contributed by atoms with Gasteiger partial charge in [0.05, 0.1) is 0 Å². The molecule has 1 aliphatic heterocycles. The van der Waals surface area contributed by atoms with Crippen molar-refractivity contribution >= 4 is 5.91 Å². The van der Waals surface area contributed by atoms with Crippen LogP contribution in [0.2, 0.25) is 0 Å². The van der Waals surface area contributed by atoms with Crippen LogP contribution in [0.5, 0.6) is 0 Å². The van der Waals surface area contributed by atoms with Gasteiger partial charge >= 0.3 is 0 Å². The average Bonchev–Trinajstić information content (AvgIpc) is 2.26. The number of carbonyl (C=O) groups is 1. The number of likely N-dealkylation sites (tertiary alicyclic amines) is 1. The van der Waals surface area contributed by atoms with Gasteiger partial charge in [0.1, 0.15) is 0 Å². The van der Waals surface area contributed by atoms with E-state index in [0.29, 0.717) is 37.4 Å². The minimum Gasteiger partial charge on any atom is -0.356 e. The fourth-order valence-electron chi connectivity index (χ4n) is 2.93. The van der Waals surface area contributed by atoms with Crippen molar-refractivity contribution in [1.82, 2.24) is 10.2 Å². The highest BCUT2D eigenvalue weighted by molar-refractivity contribution is 5.75. The second kappa shape index (κ2) is 6.97. The van der Waals surface area contributed by atoms with Crippen LogP contribution in [0.1, 0.15) is 33.6 Å². The second-order valence-electron chi connectivity index (χ2n) is 5.32. The van der Waals surface area contributed by atoms with Gasteiger partial charge in [0.15, 0.2) is 0 Å². The van der Waals surface area contributed by atoms with E-state index in [1.165, 1.54) is 6.42 Å². The Hall–Kier alpha value is -0.610. The lowest BCUT2D eigenvalue weighted by atomic mass is 9.85. The van der Waals surface area contributed by atoms with E-state index < -0.39 is 0 Å². The zero-order valence-electron chi connectivity index (χ0n) is 11.4. The summed E-state index contributed by atoms with van der Waals surface area (Å²) in [5.41, 5.74) is 5.85. The lowest BCUT2D eigenvalue weighted by molar-refractivity contribution is -0.121. The van der Waals surface area contributed by atoms with Crippen LogP contribution in [0.3, 0.4) is 0 Å². The van der Waals surface area contributed by atoms with Crippen LogP contribution in [0, 0.1) is 11.8 Å². The van der Waals surface area contributed by atoms with E-state index in [4.69, 9.17) is 5.73 Å². The SMILES string of the molecule is CCNC(=O)CCN1CC(C)CC(C)C1CN. The monoisotopic (exact) mass is 241 g/mol. The first-order chi connectivity index (χ1) is 8.08. The first-order valence-electron chi connectivity index (χ1n) is 6.79. The largest absolute Gasteiger partial charge is 0.356 e. The second-order valence-corrected chi connectivity index (χ2v) is 5.32. The van der Waals surface area contributed by atoms with Crippen molar-refractivity contribution in [3.05, 3.63) is 0 Å². The van der Waals surface area contributed by atoms with Gasteiger partial charge in [0.25, 0.3) is 0 Å². The molecule has 1 rings (SSSR count). The average molecular weight is 241 g/mol. The molecule has 1 saturated heterocycles. The quantitative estimate of drug-likeness (QED) is 0.749. The molecule has 3 atom stereocenters. The Kier molecular flexibility index (Phi) is 5.92. The van der Waals surface area contributed by atoms with E-state index in [-0.39, 0.29) is 5.91 Å². The number of hydrogen-bond acceptors (Lipinski definition) is 3. The molecule has 0 radical (unpaired) electrons. The summed E-state index contributed by atoms with van der Waals surface area (Å²) < 4.78 is 0. The number of nitrogens with two attached hydrogens (primary N) is 1. The summed E-state index contributed by atoms with van der Waals surface area (Å²) in [5, 5.41) is 2.84. The number of carbonyl (C=O) groups excluding carboxylic acids is 1. The molecule has 4 heteroatoms. The van der Waals surface area contributed by atoms with Crippen LogP contribution in [0.15, 0.2) is 0 Å². The van der Waals surface area contributed by atoms with Gasteiger partial charge in [-0.1, -0.05) is 13.8 Å². The van der Waals surface area contributed by atoms with Gasteiger partial charge in [-0.2, -0.15) is 0 Å². The van der Waals surface area contributed by atoms with Gasteiger partial charge in [0.2, 0.25) is 5.91 Å². The lowest BCUT2D eigenvalue weighted by Gasteiger charge is -2.42. The highest BCUT2D eigenvalue weighted by atomic mass is 16.1.